The van der Waals surface area contributed by atoms with E-state index in [0.29, 0.717) is 31.4 Å². The van der Waals surface area contributed by atoms with E-state index in [1.807, 2.05) is 0 Å². The van der Waals surface area contributed by atoms with E-state index < -0.39 is 24.0 Å². The fourth-order valence-corrected chi connectivity index (χ4v) is 2.69. The van der Waals surface area contributed by atoms with Crippen LogP contribution in [0.4, 0.5) is 13.2 Å². The smallest absolute Gasteiger partial charge is 0.416 e. The number of allylic oxidation sites excluding steroid dienone is 1. The molecule has 0 fully saturated rings. The Morgan fingerprint density at radius 1 is 1.29 bits per heavy atom. The van der Waals surface area contributed by atoms with E-state index in [-0.39, 0.29) is 24.9 Å². The lowest BCUT2D eigenvalue weighted by molar-refractivity contribution is -0.160. The highest BCUT2D eigenvalue weighted by Gasteiger charge is 2.32. The van der Waals surface area contributed by atoms with Crippen molar-refractivity contribution in [3.8, 4) is 0 Å². The SMILES string of the molecule is C=CCOC(=O)C1=C[C@H](c2ccc(C(F)(F)F)cc2)C[C@H](OCCCCO)O1. The van der Waals surface area contributed by atoms with Crippen molar-refractivity contribution < 1.29 is 37.3 Å². The molecule has 5 nitrogen and oxygen atoms in total. The lowest BCUT2D eigenvalue weighted by Gasteiger charge is -2.29. The van der Waals surface area contributed by atoms with Crippen molar-refractivity contribution in [1.82, 2.24) is 0 Å². The van der Waals surface area contributed by atoms with Crippen LogP contribution in [-0.4, -0.2) is 37.2 Å². The number of carbonyl (C=O) groups is 1. The van der Waals surface area contributed by atoms with Gasteiger partial charge in [-0.05, 0) is 36.6 Å². The van der Waals surface area contributed by atoms with E-state index in [1.165, 1.54) is 24.3 Å². The number of halogens is 3. The molecule has 0 aromatic heterocycles. The molecule has 0 aliphatic carbocycles. The highest BCUT2D eigenvalue weighted by atomic mass is 19.4. The molecule has 1 aromatic rings. The Labute approximate surface area is 161 Å². The molecule has 1 aliphatic rings. The minimum Gasteiger partial charge on any atom is -0.458 e. The van der Waals surface area contributed by atoms with E-state index in [1.54, 1.807) is 0 Å². The number of esters is 1. The van der Waals surface area contributed by atoms with Crippen molar-refractivity contribution in [1.29, 1.82) is 0 Å². The molecule has 1 N–H and O–H groups in total. The second kappa shape index (κ2) is 10.3. The van der Waals surface area contributed by atoms with E-state index in [4.69, 9.17) is 19.3 Å². The Morgan fingerprint density at radius 2 is 2.00 bits per heavy atom. The molecule has 0 radical (unpaired) electrons. The summed E-state index contributed by atoms with van der Waals surface area (Å²) in [4.78, 5) is 12.1. The molecule has 154 valence electrons. The molecule has 1 aliphatic heterocycles. The maximum absolute atomic E-state index is 12.8. The number of aliphatic hydroxyl groups excluding tert-OH is 1. The summed E-state index contributed by atoms with van der Waals surface area (Å²) < 4.78 is 54.5. The number of rotatable bonds is 9. The first-order valence-electron chi connectivity index (χ1n) is 8.91. The first kappa shape index (κ1) is 22.0. The summed E-state index contributed by atoms with van der Waals surface area (Å²) in [7, 11) is 0. The average molecular weight is 400 g/mol. The number of ether oxygens (including phenoxy) is 3. The summed E-state index contributed by atoms with van der Waals surface area (Å²) in [6.45, 7) is 3.84. The maximum atomic E-state index is 12.8. The third-order valence-corrected chi connectivity index (χ3v) is 4.11. The van der Waals surface area contributed by atoms with Crippen LogP contribution in [0.5, 0.6) is 0 Å². The van der Waals surface area contributed by atoms with Gasteiger partial charge in [-0.3, -0.25) is 0 Å². The highest BCUT2D eigenvalue weighted by molar-refractivity contribution is 5.86. The Hall–Kier alpha value is -2.32. The Morgan fingerprint density at radius 3 is 2.61 bits per heavy atom. The molecule has 8 heteroatoms. The van der Waals surface area contributed by atoms with Crippen LogP contribution in [0.25, 0.3) is 0 Å². The molecule has 2 atom stereocenters. The van der Waals surface area contributed by atoms with Crippen LogP contribution in [0.2, 0.25) is 0 Å². The zero-order chi connectivity index (χ0) is 20.6. The lowest BCUT2D eigenvalue weighted by Crippen LogP contribution is -2.28. The second-order valence-corrected chi connectivity index (χ2v) is 6.23. The zero-order valence-electron chi connectivity index (χ0n) is 15.3. The van der Waals surface area contributed by atoms with Crippen molar-refractivity contribution >= 4 is 5.97 Å². The van der Waals surface area contributed by atoms with Crippen molar-refractivity contribution in [2.45, 2.75) is 37.6 Å². The summed E-state index contributed by atoms with van der Waals surface area (Å²) in [5.41, 5.74) is -0.135. The van der Waals surface area contributed by atoms with Gasteiger partial charge in [0.15, 0.2) is 0 Å². The fraction of sp³-hybridized carbons (Fsp3) is 0.450. The quantitative estimate of drug-likeness (QED) is 0.387. The van der Waals surface area contributed by atoms with Gasteiger partial charge in [0.2, 0.25) is 12.0 Å². The van der Waals surface area contributed by atoms with Crippen molar-refractivity contribution in [2.75, 3.05) is 19.8 Å². The molecule has 0 spiro atoms. The van der Waals surface area contributed by atoms with Gasteiger partial charge in [0.25, 0.3) is 0 Å². The van der Waals surface area contributed by atoms with Crippen LogP contribution in [0, 0.1) is 0 Å². The van der Waals surface area contributed by atoms with Gasteiger partial charge < -0.3 is 19.3 Å². The molecule has 0 amide bonds. The van der Waals surface area contributed by atoms with Crippen LogP contribution < -0.4 is 0 Å². The average Bonchev–Trinajstić information content (AvgIpc) is 2.68. The molecule has 2 rings (SSSR count). The number of benzene rings is 1. The Kier molecular flexibility index (Phi) is 8.07. The van der Waals surface area contributed by atoms with Crippen LogP contribution in [0.3, 0.4) is 0 Å². The number of aliphatic hydroxyl groups is 1. The number of hydrogen-bond donors (Lipinski definition) is 1. The van der Waals surface area contributed by atoms with Gasteiger partial charge in [0.1, 0.15) is 6.61 Å². The van der Waals surface area contributed by atoms with Crippen molar-refractivity contribution in [3.63, 3.8) is 0 Å². The van der Waals surface area contributed by atoms with E-state index in [0.717, 1.165) is 12.1 Å². The topological polar surface area (TPSA) is 65.0 Å². The van der Waals surface area contributed by atoms with Crippen LogP contribution in [0.1, 0.15) is 36.3 Å². The van der Waals surface area contributed by atoms with Crippen LogP contribution in [-0.2, 0) is 25.2 Å². The number of alkyl halides is 3. The molecule has 28 heavy (non-hydrogen) atoms. The minimum atomic E-state index is -4.41. The Balaban J connectivity index is 2.16. The largest absolute Gasteiger partial charge is 0.458 e. The third kappa shape index (κ3) is 6.38. The van der Waals surface area contributed by atoms with Gasteiger partial charge in [-0.15, -0.1) is 0 Å². The molecule has 1 aromatic carbocycles. The maximum Gasteiger partial charge on any atom is 0.416 e. The Bertz CT molecular complexity index is 682. The van der Waals surface area contributed by atoms with Gasteiger partial charge in [-0.2, -0.15) is 13.2 Å². The van der Waals surface area contributed by atoms with Crippen LogP contribution in [0.15, 0.2) is 48.8 Å². The summed E-state index contributed by atoms with van der Waals surface area (Å²) in [5, 5.41) is 8.83. The number of hydrogen-bond acceptors (Lipinski definition) is 5. The zero-order valence-corrected chi connectivity index (χ0v) is 15.3. The molecular formula is C20H23F3O5. The highest BCUT2D eigenvalue weighted by Crippen LogP contribution is 2.34. The van der Waals surface area contributed by atoms with Gasteiger partial charge in [0, 0.05) is 18.9 Å². The monoisotopic (exact) mass is 400 g/mol. The first-order chi connectivity index (χ1) is 13.3. The standard InChI is InChI=1S/C20H23F3O5/c1-2-10-27-19(25)17-12-15(13-18(28-17)26-11-4-3-9-24)14-5-7-16(8-6-14)20(21,22)23/h2,5-8,12,15,18,24H,1,3-4,9-11,13H2/t15-,18+/m0/s1. The summed E-state index contributed by atoms with van der Waals surface area (Å²) in [6.07, 6.45) is -0.702. The van der Waals surface area contributed by atoms with E-state index in [9.17, 15) is 18.0 Å². The minimum absolute atomic E-state index is 0.00645. The molecule has 0 bridgehead atoms. The number of unbranched alkanes of at least 4 members (excludes halogenated alkanes) is 1. The fourth-order valence-electron chi connectivity index (χ4n) is 2.69. The van der Waals surface area contributed by atoms with E-state index >= 15 is 0 Å². The van der Waals surface area contributed by atoms with Crippen molar-refractivity contribution in [3.05, 3.63) is 59.9 Å². The summed E-state index contributed by atoms with van der Waals surface area (Å²) in [5.74, 6) is -1.12. The third-order valence-electron chi connectivity index (χ3n) is 4.11. The molecule has 0 unspecified atom stereocenters. The van der Waals surface area contributed by atoms with Gasteiger partial charge in [-0.25, -0.2) is 4.79 Å². The number of carbonyl (C=O) groups excluding carboxylic acids is 1. The van der Waals surface area contributed by atoms with Crippen LogP contribution >= 0.6 is 0 Å². The molecule has 0 saturated carbocycles. The molecular weight excluding hydrogens is 377 g/mol. The predicted molar refractivity (Wildman–Crippen MR) is 95.2 cm³/mol. The normalized spacial score (nSPS) is 19.5. The van der Waals surface area contributed by atoms with Gasteiger partial charge in [-0.1, -0.05) is 24.8 Å². The van der Waals surface area contributed by atoms with Crippen molar-refractivity contribution in [2.24, 2.45) is 0 Å². The first-order valence-corrected chi connectivity index (χ1v) is 8.91. The summed E-state index contributed by atoms with van der Waals surface area (Å²) in [6, 6.07) is 4.77. The second-order valence-electron chi connectivity index (χ2n) is 6.23. The molecule has 1 heterocycles. The molecule has 0 saturated heterocycles. The van der Waals surface area contributed by atoms with Gasteiger partial charge >= 0.3 is 12.1 Å². The van der Waals surface area contributed by atoms with Gasteiger partial charge in [0.05, 0.1) is 12.2 Å². The predicted octanol–water partition coefficient (Wildman–Crippen LogP) is 3.94. The van der Waals surface area contributed by atoms with E-state index in [2.05, 4.69) is 6.58 Å². The lowest BCUT2D eigenvalue weighted by atomic mass is 9.92. The summed E-state index contributed by atoms with van der Waals surface area (Å²) >= 11 is 0.